The van der Waals surface area contributed by atoms with Crippen molar-refractivity contribution in [1.82, 2.24) is 0 Å². The topological polar surface area (TPSA) is 86.7 Å². The van der Waals surface area contributed by atoms with Gasteiger partial charge in [0.25, 0.3) is 0 Å². The number of ether oxygens (including phenoxy) is 2. The first-order chi connectivity index (χ1) is 11.8. The summed E-state index contributed by atoms with van der Waals surface area (Å²) in [4.78, 5) is 47.3. The van der Waals surface area contributed by atoms with Gasteiger partial charge in [-0.15, -0.1) is 0 Å². The van der Waals surface area contributed by atoms with Gasteiger partial charge >= 0.3 is 23.9 Å². The molecule has 0 saturated carbocycles. The zero-order valence-corrected chi connectivity index (χ0v) is 13.4. The van der Waals surface area contributed by atoms with Crippen molar-refractivity contribution in [1.29, 1.82) is 0 Å². The maximum atomic E-state index is 12.1. The molecule has 124 valence electrons. The fourth-order valence-electron chi connectivity index (χ4n) is 3.28. The minimum absolute atomic E-state index is 0.196. The molecule has 2 aliphatic rings. The summed E-state index contributed by atoms with van der Waals surface area (Å²) in [6.45, 7) is 3.73. The Kier molecular flexibility index (Phi) is 2.97. The number of carbonyl (C=O) groups excluding carboxylic acids is 4. The third kappa shape index (κ3) is 2.04. The summed E-state index contributed by atoms with van der Waals surface area (Å²) in [7, 11) is 0. The summed E-state index contributed by atoms with van der Waals surface area (Å²) in [6.07, 6.45) is 0. The molecule has 0 aromatic heterocycles. The van der Waals surface area contributed by atoms with E-state index in [0.29, 0.717) is 11.1 Å². The number of cyclic esters (lactones) is 4. The van der Waals surface area contributed by atoms with Crippen molar-refractivity contribution >= 4 is 23.9 Å². The van der Waals surface area contributed by atoms with E-state index in [1.165, 1.54) is 6.07 Å². The molecule has 4 rings (SSSR count). The van der Waals surface area contributed by atoms with Gasteiger partial charge in [0, 0.05) is 5.41 Å². The second-order valence-corrected chi connectivity index (χ2v) is 6.47. The number of benzene rings is 2. The minimum Gasteiger partial charge on any atom is -0.386 e. The van der Waals surface area contributed by atoms with E-state index in [9.17, 15) is 19.2 Å². The Morgan fingerprint density at radius 3 is 2.12 bits per heavy atom. The average Bonchev–Trinajstić information content (AvgIpc) is 3.04. The van der Waals surface area contributed by atoms with E-state index in [-0.39, 0.29) is 22.3 Å². The first kappa shape index (κ1) is 15.3. The summed E-state index contributed by atoms with van der Waals surface area (Å²) in [5.74, 6) is -2.70. The number of rotatable bonds is 2. The molecule has 25 heavy (non-hydrogen) atoms. The third-order valence-corrected chi connectivity index (χ3v) is 4.71. The van der Waals surface area contributed by atoms with Gasteiger partial charge in [-0.25, -0.2) is 19.2 Å². The highest BCUT2D eigenvalue weighted by Crippen LogP contribution is 2.38. The van der Waals surface area contributed by atoms with E-state index < -0.39 is 29.3 Å². The molecule has 2 aliphatic heterocycles. The fraction of sp³-hybridized carbons (Fsp3) is 0.158. The van der Waals surface area contributed by atoms with Gasteiger partial charge in [0.1, 0.15) is 0 Å². The Morgan fingerprint density at radius 2 is 1.36 bits per heavy atom. The molecular formula is C19H12O6. The molecule has 2 aromatic carbocycles. The van der Waals surface area contributed by atoms with Crippen LogP contribution >= 0.6 is 0 Å². The SMILES string of the molecule is CC(C)(c1ccc2c(c1)C(=O)OC2=O)c1cccc2c1C(=O)OC2=O. The summed E-state index contributed by atoms with van der Waals surface area (Å²) in [6, 6.07) is 9.80. The Bertz CT molecular complexity index is 999. The van der Waals surface area contributed by atoms with Gasteiger partial charge < -0.3 is 9.47 Å². The molecule has 0 atom stereocenters. The average molecular weight is 336 g/mol. The normalized spacial score (nSPS) is 15.8. The molecule has 0 saturated heterocycles. The Hall–Kier alpha value is -3.28. The molecule has 0 fully saturated rings. The summed E-state index contributed by atoms with van der Waals surface area (Å²) < 4.78 is 9.33. The quantitative estimate of drug-likeness (QED) is 0.619. The number of fused-ring (bicyclic) bond motifs is 2. The van der Waals surface area contributed by atoms with Gasteiger partial charge in [-0.2, -0.15) is 0 Å². The zero-order chi connectivity index (χ0) is 17.9. The smallest absolute Gasteiger partial charge is 0.347 e. The van der Waals surface area contributed by atoms with Crippen molar-refractivity contribution in [3.63, 3.8) is 0 Å². The van der Waals surface area contributed by atoms with Crippen molar-refractivity contribution in [2.24, 2.45) is 0 Å². The van der Waals surface area contributed by atoms with E-state index >= 15 is 0 Å². The number of carbonyl (C=O) groups is 4. The molecule has 0 spiro atoms. The lowest BCUT2D eigenvalue weighted by Crippen LogP contribution is -2.22. The summed E-state index contributed by atoms with van der Waals surface area (Å²) >= 11 is 0. The van der Waals surface area contributed by atoms with Gasteiger partial charge in [0.2, 0.25) is 0 Å². The second-order valence-electron chi connectivity index (χ2n) is 6.47. The van der Waals surface area contributed by atoms with E-state index in [1.807, 2.05) is 13.8 Å². The zero-order valence-electron chi connectivity index (χ0n) is 13.4. The predicted molar refractivity (Wildman–Crippen MR) is 84.5 cm³/mol. The van der Waals surface area contributed by atoms with Gasteiger partial charge in [-0.3, -0.25) is 0 Å². The van der Waals surface area contributed by atoms with Crippen LogP contribution in [-0.4, -0.2) is 23.9 Å². The van der Waals surface area contributed by atoms with Crippen LogP contribution in [0.4, 0.5) is 0 Å². The predicted octanol–water partition coefficient (Wildman–Crippen LogP) is 2.63. The van der Waals surface area contributed by atoms with Gasteiger partial charge in [0.15, 0.2) is 0 Å². The first-order valence-electron chi connectivity index (χ1n) is 7.62. The lowest BCUT2D eigenvalue weighted by atomic mass is 9.75. The van der Waals surface area contributed by atoms with Gasteiger partial charge in [0.05, 0.1) is 22.3 Å². The first-order valence-corrected chi connectivity index (χ1v) is 7.62. The van der Waals surface area contributed by atoms with Crippen molar-refractivity contribution in [2.45, 2.75) is 19.3 Å². The fourth-order valence-corrected chi connectivity index (χ4v) is 3.28. The van der Waals surface area contributed by atoms with Crippen LogP contribution in [-0.2, 0) is 14.9 Å². The van der Waals surface area contributed by atoms with Crippen LogP contribution in [0.5, 0.6) is 0 Å². The van der Waals surface area contributed by atoms with E-state index in [4.69, 9.17) is 4.74 Å². The molecule has 0 amide bonds. The molecule has 6 heteroatoms. The largest absolute Gasteiger partial charge is 0.386 e. The second kappa shape index (κ2) is 4.86. The number of esters is 4. The van der Waals surface area contributed by atoms with Crippen LogP contribution < -0.4 is 0 Å². The molecule has 6 nitrogen and oxygen atoms in total. The lowest BCUT2D eigenvalue weighted by Gasteiger charge is -2.27. The molecule has 0 radical (unpaired) electrons. The summed E-state index contributed by atoms with van der Waals surface area (Å²) in [5.41, 5.74) is 1.48. The Balaban J connectivity index is 1.89. The highest BCUT2D eigenvalue weighted by atomic mass is 16.6. The van der Waals surface area contributed by atoms with Crippen LogP contribution in [0.15, 0.2) is 36.4 Å². The van der Waals surface area contributed by atoms with Crippen molar-refractivity contribution in [3.05, 3.63) is 69.8 Å². The van der Waals surface area contributed by atoms with Crippen molar-refractivity contribution in [2.75, 3.05) is 0 Å². The molecule has 2 heterocycles. The van der Waals surface area contributed by atoms with Crippen molar-refractivity contribution < 1.29 is 28.7 Å². The van der Waals surface area contributed by atoms with Crippen LogP contribution in [0.2, 0.25) is 0 Å². The number of hydrogen-bond donors (Lipinski definition) is 0. The van der Waals surface area contributed by atoms with Crippen LogP contribution in [0.3, 0.4) is 0 Å². The molecule has 0 N–H and O–H groups in total. The van der Waals surface area contributed by atoms with Crippen LogP contribution in [0.25, 0.3) is 0 Å². The van der Waals surface area contributed by atoms with Crippen LogP contribution in [0, 0.1) is 0 Å². The highest BCUT2D eigenvalue weighted by Gasteiger charge is 2.38. The molecule has 2 aromatic rings. The standard InChI is InChI=1S/C19H12O6/c1-19(2,9-6-7-10-12(8-9)17(22)24-15(10)20)13-5-3-4-11-14(13)18(23)25-16(11)21/h3-8H,1-2H3. The van der Waals surface area contributed by atoms with E-state index in [2.05, 4.69) is 4.74 Å². The molecular weight excluding hydrogens is 324 g/mol. The Morgan fingerprint density at radius 1 is 0.720 bits per heavy atom. The monoisotopic (exact) mass is 336 g/mol. The van der Waals surface area contributed by atoms with Crippen molar-refractivity contribution in [3.8, 4) is 0 Å². The molecule has 0 unspecified atom stereocenters. The maximum absolute atomic E-state index is 12.1. The van der Waals surface area contributed by atoms with E-state index in [0.717, 1.165) is 0 Å². The molecule has 0 bridgehead atoms. The van der Waals surface area contributed by atoms with Gasteiger partial charge in [-0.1, -0.05) is 32.0 Å². The lowest BCUT2D eigenvalue weighted by molar-refractivity contribution is 0.0425. The van der Waals surface area contributed by atoms with E-state index in [1.54, 1.807) is 30.3 Å². The van der Waals surface area contributed by atoms with Crippen LogP contribution in [0.1, 0.15) is 66.4 Å². The Labute approximate surface area is 142 Å². The number of hydrogen-bond acceptors (Lipinski definition) is 6. The third-order valence-electron chi connectivity index (χ3n) is 4.71. The minimum atomic E-state index is -0.712. The summed E-state index contributed by atoms with van der Waals surface area (Å²) in [5, 5.41) is 0. The highest BCUT2D eigenvalue weighted by molar-refractivity contribution is 6.16. The molecule has 0 aliphatic carbocycles. The maximum Gasteiger partial charge on any atom is 0.347 e. The van der Waals surface area contributed by atoms with Gasteiger partial charge in [-0.05, 0) is 29.3 Å².